The van der Waals surface area contributed by atoms with Gasteiger partial charge in [0.05, 0.1) is 11.7 Å². The molecule has 0 aromatic heterocycles. The molecule has 0 amide bonds. The molecule has 0 heterocycles. The molecule has 0 fully saturated rings. The number of allylic oxidation sites excluding steroid dienone is 1. The van der Waals surface area contributed by atoms with E-state index in [2.05, 4.69) is 0 Å². The Bertz CT molecular complexity index is 600. The fourth-order valence-electron chi connectivity index (χ4n) is 2.09. The van der Waals surface area contributed by atoms with Crippen molar-refractivity contribution in [3.63, 3.8) is 0 Å². The maximum Gasteiger partial charge on any atom is 0.416 e. The molecule has 2 aromatic rings. The highest BCUT2D eigenvalue weighted by molar-refractivity contribution is 5.26. The SMILES string of the molecule is OC(C/C=C/Cc1ccccc1)c1ccc(C(F)(F)F)cc1. The minimum atomic E-state index is -4.35. The molecule has 2 rings (SSSR count). The number of aliphatic hydroxyl groups is 1. The second kappa shape index (κ2) is 7.27. The molecule has 22 heavy (non-hydrogen) atoms. The van der Waals surface area contributed by atoms with E-state index in [1.54, 1.807) is 0 Å². The van der Waals surface area contributed by atoms with Crippen molar-refractivity contribution in [2.45, 2.75) is 25.1 Å². The van der Waals surface area contributed by atoms with Crippen molar-refractivity contribution < 1.29 is 18.3 Å². The summed E-state index contributed by atoms with van der Waals surface area (Å²) in [7, 11) is 0. The average Bonchev–Trinajstić information content (AvgIpc) is 2.52. The van der Waals surface area contributed by atoms with E-state index in [-0.39, 0.29) is 0 Å². The molecule has 1 atom stereocenters. The standard InChI is InChI=1S/C18H17F3O/c19-18(20,21)16-12-10-15(11-13-16)17(22)9-5-4-8-14-6-2-1-3-7-14/h1-7,10-13,17,22H,8-9H2/b5-4+. The third-order valence-corrected chi connectivity index (χ3v) is 3.35. The van der Waals surface area contributed by atoms with E-state index in [9.17, 15) is 18.3 Å². The molecule has 0 spiro atoms. The lowest BCUT2D eigenvalue weighted by Gasteiger charge is -2.11. The van der Waals surface area contributed by atoms with E-state index in [1.165, 1.54) is 17.7 Å². The number of hydrogen-bond donors (Lipinski definition) is 1. The van der Waals surface area contributed by atoms with Gasteiger partial charge in [-0.3, -0.25) is 0 Å². The van der Waals surface area contributed by atoms with Crippen LogP contribution in [0.3, 0.4) is 0 Å². The first-order valence-corrected chi connectivity index (χ1v) is 7.01. The summed E-state index contributed by atoms with van der Waals surface area (Å²) < 4.78 is 37.4. The van der Waals surface area contributed by atoms with Crippen LogP contribution in [0.4, 0.5) is 13.2 Å². The molecular formula is C18H17F3O. The number of benzene rings is 2. The Balaban J connectivity index is 1.88. The lowest BCUT2D eigenvalue weighted by atomic mass is 10.0. The molecule has 0 saturated carbocycles. The molecule has 116 valence electrons. The second-order valence-electron chi connectivity index (χ2n) is 5.03. The maximum absolute atomic E-state index is 12.5. The first-order chi connectivity index (χ1) is 10.5. The fourth-order valence-corrected chi connectivity index (χ4v) is 2.09. The summed E-state index contributed by atoms with van der Waals surface area (Å²) in [6.07, 6.45) is -0.218. The Labute approximate surface area is 127 Å². The number of halogens is 3. The lowest BCUT2D eigenvalue weighted by Crippen LogP contribution is -2.05. The number of hydrogen-bond acceptors (Lipinski definition) is 1. The number of aliphatic hydroxyl groups excluding tert-OH is 1. The minimum absolute atomic E-state index is 0.373. The van der Waals surface area contributed by atoms with Crippen LogP contribution in [0.2, 0.25) is 0 Å². The highest BCUT2D eigenvalue weighted by atomic mass is 19.4. The van der Waals surface area contributed by atoms with E-state index in [0.29, 0.717) is 12.0 Å². The molecular weight excluding hydrogens is 289 g/mol. The Morgan fingerprint density at radius 3 is 2.14 bits per heavy atom. The number of rotatable bonds is 5. The molecule has 0 bridgehead atoms. The average molecular weight is 306 g/mol. The smallest absolute Gasteiger partial charge is 0.388 e. The van der Waals surface area contributed by atoms with Crippen LogP contribution in [0.15, 0.2) is 66.7 Å². The minimum Gasteiger partial charge on any atom is -0.388 e. The summed E-state index contributed by atoms with van der Waals surface area (Å²) >= 11 is 0. The molecule has 0 aliphatic carbocycles. The van der Waals surface area contributed by atoms with Crippen LogP contribution in [0.1, 0.15) is 29.2 Å². The van der Waals surface area contributed by atoms with Crippen LogP contribution in [-0.2, 0) is 12.6 Å². The van der Waals surface area contributed by atoms with Gasteiger partial charge in [0.1, 0.15) is 0 Å². The second-order valence-corrected chi connectivity index (χ2v) is 5.03. The molecule has 1 N–H and O–H groups in total. The Hall–Kier alpha value is -2.07. The van der Waals surface area contributed by atoms with Gasteiger partial charge < -0.3 is 5.11 Å². The zero-order valence-corrected chi connectivity index (χ0v) is 11.9. The van der Waals surface area contributed by atoms with Gasteiger partial charge in [0.2, 0.25) is 0 Å². The predicted molar refractivity (Wildman–Crippen MR) is 80.3 cm³/mol. The molecule has 1 unspecified atom stereocenters. The fraction of sp³-hybridized carbons (Fsp3) is 0.222. The van der Waals surface area contributed by atoms with Crippen LogP contribution in [0, 0.1) is 0 Å². The van der Waals surface area contributed by atoms with Gasteiger partial charge in [0, 0.05) is 0 Å². The zero-order valence-electron chi connectivity index (χ0n) is 11.9. The Morgan fingerprint density at radius 1 is 0.909 bits per heavy atom. The quantitative estimate of drug-likeness (QED) is 0.777. The first-order valence-electron chi connectivity index (χ1n) is 7.01. The van der Waals surface area contributed by atoms with Gasteiger partial charge in [-0.1, -0.05) is 54.6 Å². The van der Waals surface area contributed by atoms with Crippen molar-refractivity contribution in [3.05, 3.63) is 83.4 Å². The molecule has 0 saturated heterocycles. The third kappa shape index (κ3) is 4.74. The molecule has 4 heteroatoms. The summed E-state index contributed by atoms with van der Waals surface area (Å²) in [6, 6.07) is 14.5. The van der Waals surface area contributed by atoms with Gasteiger partial charge in [-0.15, -0.1) is 0 Å². The van der Waals surface area contributed by atoms with Crippen molar-refractivity contribution in [1.29, 1.82) is 0 Å². The highest BCUT2D eigenvalue weighted by Crippen LogP contribution is 2.30. The summed E-state index contributed by atoms with van der Waals surface area (Å²) in [4.78, 5) is 0. The van der Waals surface area contributed by atoms with Crippen LogP contribution in [0.25, 0.3) is 0 Å². The van der Waals surface area contributed by atoms with Gasteiger partial charge in [-0.05, 0) is 36.1 Å². The Kier molecular flexibility index (Phi) is 5.39. The molecule has 0 radical (unpaired) electrons. The van der Waals surface area contributed by atoms with Crippen molar-refractivity contribution in [2.75, 3.05) is 0 Å². The van der Waals surface area contributed by atoms with E-state index in [0.717, 1.165) is 18.6 Å². The predicted octanol–water partition coefficient (Wildman–Crippen LogP) is 4.93. The monoisotopic (exact) mass is 306 g/mol. The largest absolute Gasteiger partial charge is 0.416 e. The molecule has 0 aliphatic heterocycles. The van der Waals surface area contributed by atoms with Gasteiger partial charge >= 0.3 is 6.18 Å². The summed E-state index contributed by atoms with van der Waals surface area (Å²) in [6.45, 7) is 0. The summed E-state index contributed by atoms with van der Waals surface area (Å²) in [5, 5.41) is 9.98. The van der Waals surface area contributed by atoms with Crippen molar-refractivity contribution in [1.82, 2.24) is 0 Å². The van der Waals surface area contributed by atoms with Crippen molar-refractivity contribution in [2.24, 2.45) is 0 Å². The lowest BCUT2D eigenvalue weighted by molar-refractivity contribution is -0.137. The molecule has 1 nitrogen and oxygen atoms in total. The third-order valence-electron chi connectivity index (χ3n) is 3.35. The highest BCUT2D eigenvalue weighted by Gasteiger charge is 2.30. The summed E-state index contributed by atoms with van der Waals surface area (Å²) in [5.41, 5.74) is 0.947. The van der Waals surface area contributed by atoms with Crippen LogP contribution >= 0.6 is 0 Å². The van der Waals surface area contributed by atoms with E-state index < -0.39 is 17.8 Å². The van der Waals surface area contributed by atoms with Gasteiger partial charge in [0.25, 0.3) is 0 Å². The zero-order chi connectivity index (χ0) is 16.0. The molecule has 2 aromatic carbocycles. The topological polar surface area (TPSA) is 20.2 Å². The summed E-state index contributed by atoms with van der Waals surface area (Å²) in [5.74, 6) is 0. The van der Waals surface area contributed by atoms with Crippen molar-refractivity contribution in [3.8, 4) is 0 Å². The number of alkyl halides is 3. The van der Waals surface area contributed by atoms with Crippen molar-refractivity contribution >= 4 is 0 Å². The van der Waals surface area contributed by atoms with Crippen LogP contribution in [0.5, 0.6) is 0 Å². The first kappa shape index (κ1) is 16.3. The van der Waals surface area contributed by atoms with Crippen LogP contribution < -0.4 is 0 Å². The Morgan fingerprint density at radius 2 is 1.55 bits per heavy atom. The van der Waals surface area contributed by atoms with Gasteiger partial charge in [-0.25, -0.2) is 0 Å². The van der Waals surface area contributed by atoms with Gasteiger partial charge in [0.15, 0.2) is 0 Å². The van der Waals surface area contributed by atoms with E-state index in [4.69, 9.17) is 0 Å². The normalized spacial score (nSPS) is 13.5. The maximum atomic E-state index is 12.5. The molecule has 0 aliphatic rings. The van der Waals surface area contributed by atoms with E-state index >= 15 is 0 Å². The van der Waals surface area contributed by atoms with E-state index in [1.807, 2.05) is 42.5 Å². The van der Waals surface area contributed by atoms with Gasteiger partial charge in [-0.2, -0.15) is 13.2 Å². The van der Waals surface area contributed by atoms with Crippen LogP contribution in [-0.4, -0.2) is 5.11 Å².